The number of esters is 1. The summed E-state index contributed by atoms with van der Waals surface area (Å²) in [6.45, 7) is 4.85. The molecule has 0 heterocycles. The molecule has 0 aliphatic carbocycles. The Bertz CT molecular complexity index is 239. The number of rotatable bonds is 4. The predicted octanol–water partition coefficient (Wildman–Crippen LogP) is 0.108. The molecule has 0 aromatic heterocycles. The largest absolute Gasteiger partial charge is 0.465 e. The van der Waals surface area contributed by atoms with Crippen LogP contribution in [0.25, 0.3) is 0 Å². The molecule has 0 spiro atoms. The Kier molecular flexibility index (Phi) is 3.81. The number of ether oxygens (including phenoxy) is 1. The van der Waals surface area contributed by atoms with E-state index in [4.69, 9.17) is 0 Å². The topological polar surface area (TPSA) is 60.4 Å². The van der Waals surface area contributed by atoms with Crippen LogP contribution < -0.4 is 0 Å². The number of sulfone groups is 1. The quantitative estimate of drug-likeness (QED) is 0.573. The zero-order valence-corrected chi connectivity index (χ0v) is 7.06. The van der Waals surface area contributed by atoms with Gasteiger partial charge in [-0.25, -0.2) is 8.42 Å². The van der Waals surface area contributed by atoms with Crippen molar-refractivity contribution in [2.24, 2.45) is 0 Å². The highest BCUT2D eigenvalue weighted by atomic mass is 32.2. The van der Waals surface area contributed by atoms with E-state index in [1.165, 1.54) is 0 Å². The average molecular weight is 178 g/mol. The number of hydrogen-bond acceptors (Lipinski definition) is 4. The molecule has 0 saturated heterocycles. The van der Waals surface area contributed by atoms with Crippen molar-refractivity contribution in [1.29, 1.82) is 0 Å². The van der Waals surface area contributed by atoms with Crippen LogP contribution in [-0.4, -0.2) is 26.7 Å². The summed E-state index contributed by atoms with van der Waals surface area (Å²) < 4.78 is 25.7. The fourth-order valence-electron chi connectivity index (χ4n) is 0.426. The minimum atomic E-state index is -3.45. The third-order valence-corrected chi connectivity index (χ3v) is 2.02. The first-order valence-electron chi connectivity index (χ1n) is 3.02. The Labute approximate surface area is 65.8 Å². The third-order valence-electron chi connectivity index (χ3n) is 0.878. The van der Waals surface area contributed by atoms with Crippen molar-refractivity contribution < 1.29 is 17.9 Å². The van der Waals surface area contributed by atoms with Crippen LogP contribution in [-0.2, 0) is 19.4 Å². The Morgan fingerprint density at radius 2 is 2.18 bits per heavy atom. The van der Waals surface area contributed by atoms with Gasteiger partial charge in [-0.15, -0.1) is 0 Å². The van der Waals surface area contributed by atoms with E-state index >= 15 is 0 Å². The van der Waals surface area contributed by atoms with E-state index in [0.29, 0.717) is 0 Å². The van der Waals surface area contributed by atoms with Crippen LogP contribution in [0, 0.1) is 0 Å². The molecule has 4 nitrogen and oxygen atoms in total. The Morgan fingerprint density at radius 3 is 2.55 bits per heavy atom. The normalized spacial score (nSPS) is 10.6. The second kappa shape index (κ2) is 4.12. The van der Waals surface area contributed by atoms with Gasteiger partial charge in [0.05, 0.1) is 6.61 Å². The highest BCUT2D eigenvalue weighted by molar-refractivity contribution is 7.94. The van der Waals surface area contributed by atoms with E-state index in [0.717, 1.165) is 5.41 Å². The first-order valence-corrected chi connectivity index (χ1v) is 4.74. The Hall–Kier alpha value is -0.840. The molecule has 0 radical (unpaired) electrons. The van der Waals surface area contributed by atoms with Crippen LogP contribution >= 0.6 is 0 Å². The summed E-state index contributed by atoms with van der Waals surface area (Å²) in [7, 11) is -3.45. The summed E-state index contributed by atoms with van der Waals surface area (Å²) in [4.78, 5) is 10.6. The molecule has 0 rings (SSSR count). The van der Waals surface area contributed by atoms with E-state index in [1.54, 1.807) is 6.92 Å². The highest BCUT2D eigenvalue weighted by Gasteiger charge is 2.12. The van der Waals surface area contributed by atoms with Crippen LogP contribution in [0.1, 0.15) is 6.92 Å². The molecule has 0 aliphatic heterocycles. The second-order valence-electron chi connectivity index (χ2n) is 1.78. The van der Waals surface area contributed by atoms with Crippen LogP contribution in [0.2, 0.25) is 0 Å². The molecule has 0 aromatic carbocycles. The van der Waals surface area contributed by atoms with Gasteiger partial charge in [0.25, 0.3) is 0 Å². The lowest BCUT2D eigenvalue weighted by Gasteiger charge is -1.98. The molecule has 0 saturated carbocycles. The summed E-state index contributed by atoms with van der Waals surface area (Å²) >= 11 is 0. The van der Waals surface area contributed by atoms with E-state index in [1.807, 2.05) is 0 Å². The Morgan fingerprint density at radius 1 is 1.64 bits per heavy atom. The lowest BCUT2D eigenvalue weighted by molar-refractivity contribution is -0.139. The van der Waals surface area contributed by atoms with Gasteiger partial charge >= 0.3 is 5.97 Å². The average Bonchev–Trinajstić information content (AvgIpc) is 1.87. The van der Waals surface area contributed by atoms with Crippen LogP contribution in [0.15, 0.2) is 12.0 Å². The van der Waals surface area contributed by atoms with Crippen LogP contribution in [0.3, 0.4) is 0 Å². The lowest BCUT2D eigenvalue weighted by Crippen LogP contribution is -2.16. The Balaban J connectivity index is 4.05. The van der Waals surface area contributed by atoms with Crippen molar-refractivity contribution in [2.75, 3.05) is 12.4 Å². The fraction of sp³-hybridized carbons (Fsp3) is 0.500. The van der Waals surface area contributed by atoms with Crippen molar-refractivity contribution in [3.05, 3.63) is 12.0 Å². The SMILES string of the molecule is C=CS(=O)(=O)CC(=O)OCC. The summed E-state index contributed by atoms with van der Waals surface area (Å²) in [6.07, 6.45) is 0. The van der Waals surface area contributed by atoms with Gasteiger partial charge < -0.3 is 4.74 Å². The maximum absolute atomic E-state index is 10.7. The van der Waals surface area contributed by atoms with Gasteiger partial charge in [0.2, 0.25) is 0 Å². The van der Waals surface area contributed by atoms with Gasteiger partial charge in [-0.2, -0.15) is 0 Å². The summed E-state index contributed by atoms with van der Waals surface area (Å²) in [5, 5.41) is 0.740. The van der Waals surface area contributed by atoms with Crippen molar-refractivity contribution in [3.8, 4) is 0 Å². The zero-order valence-electron chi connectivity index (χ0n) is 6.24. The van der Waals surface area contributed by atoms with Gasteiger partial charge in [-0.3, -0.25) is 4.79 Å². The summed E-state index contributed by atoms with van der Waals surface area (Å²) in [5.74, 6) is -1.36. The van der Waals surface area contributed by atoms with E-state index in [9.17, 15) is 13.2 Å². The molecular weight excluding hydrogens is 168 g/mol. The third kappa shape index (κ3) is 4.55. The van der Waals surface area contributed by atoms with E-state index in [-0.39, 0.29) is 6.61 Å². The molecule has 11 heavy (non-hydrogen) atoms. The van der Waals surface area contributed by atoms with E-state index in [2.05, 4.69) is 11.3 Å². The van der Waals surface area contributed by atoms with Crippen molar-refractivity contribution in [3.63, 3.8) is 0 Å². The molecule has 0 amide bonds. The van der Waals surface area contributed by atoms with Crippen molar-refractivity contribution in [1.82, 2.24) is 0 Å². The van der Waals surface area contributed by atoms with Crippen LogP contribution in [0.5, 0.6) is 0 Å². The molecule has 5 heteroatoms. The summed E-state index contributed by atoms with van der Waals surface area (Å²) in [6, 6.07) is 0. The zero-order chi connectivity index (χ0) is 8.91. The van der Waals surface area contributed by atoms with Crippen molar-refractivity contribution >= 4 is 15.8 Å². The predicted molar refractivity (Wildman–Crippen MR) is 40.6 cm³/mol. The molecular formula is C6H10O4S. The first-order chi connectivity index (χ1) is 5.02. The number of hydrogen-bond donors (Lipinski definition) is 0. The van der Waals surface area contributed by atoms with Gasteiger partial charge in [0, 0.05) is 5.41 Å². The number of carbonyl (C=O) groups excluding carboxylic acids is 1. The maximum atomic E-state index is 10.7. The second-order valence-corrected chi connectivity index (χ2v) is 3.73. The van der Waals surface area contributed by atoms with Gasteiger partial charge in [0.15, 0.2) is 15.6 Å². The molecule has 0 bridgehead atoms. The standard InChI is InChI=1S/C6H10O4S/c1-3-10-6(7)5-11(8,9)4-2/h4H,2-3,5H2,1H3. The number of carbonyl (C=O) groups is 1. The molecule has 0 unspecified atom stereocenters. The van der Waals surface area contributed by atoms with Gasteiger partial charge in [-0.05, 0) is 6.92 Å². The molecule has 0 N–H and O–H groups in total. The monoisotopic (exact) mass is 178 g/mol. The van der Waals surface area contributed by atoms with Gasteiger partial charge in [0.1, 0.15) is 0 Å². The first kappa shape index (κ1) is 10.2. The molecule has 0 aromatic rings. The van der Waals surface area contributed by atoms with Crippen LogP contribution in [0.4, 0.5) is 0 Å². The fourth-order valence-corrected chi connectivity index (χ4v) is 0.956. The molecule has 0 aliphatic rings. The molecule has 0 fully saturated rings. The smallest absolute Gasteiger partial charge is 0.321 e. The lowest BCUT2D eigenvalue weighted by atomic mass is 10.8. The maximum Gasteiger partial charge on any atom is 0.321 e. The minimum absolute atomic E-state index is 0.186. The molecule has 0 atom stereocenters. The van der Waals surface area contributed by atoms with Gasteiger partial charge in [-0.1, -0.05) is 6.58 Å². The summed E-state index contributed by atoms with van der Waals surface area (Å²) in [5.41, 5.74) is 0. The molecule has 64 valence electrons. The highest BCUT2D eigenvalue weighted by Crippen LogP contribution is 1.91. The minimum Gasteiger partial charge on any atom is -0.465 e. The van der Waals surface area contributed by atoms with Crippen molar-refractivity contribution in [2.45, 2.75) is 6.92 Å². The van der Waals surface area contributed by atoms with E-state index < -0.39 is 21.6 Å².